The molecule has 0 aromatic rings. The molecule has 0 aromatic carbocycles. The van der Waals surface area contributed by atoms with Crippen LogP contribution in [-0.2, 0) is 28.5 Å². The lowest BCUT2D eigenvalue weighted by Gasteiger charge is -2.46. The van der Waals surface area contributed by atoms with Crippen LogP contribution < -0.4 is 11.1 Å². The number of hydrogen-bond acceptors (Lipinski definition) is 18. The molecule has 1 amide bonds. The molecule has 2 bridgehead atoms. The fourth-order valence-corrected chi connectivity index (χ4v) is 8.50. The monoisotopic (exact) mass is 994 g/mol. The van der Waals surface area contributed by atoms with E-state index in [0.717, 1.165) is 0 Å². The molecule has 0 aromatic heterocycles. The fraction of sp³-hybridized carbons (Fsp3) is 0.686. The van der Waals surface area contributed by atoms with E-state index in [1.165, 1.54) is 0 Å². The third-order valence-electron chi connectivity index (χ3n) is 12.9. The third kappa shape index (κ3) is 20.9. The molecule has 2 unspecified atom stereocenters. The normalized spacial score (nSPS) is 43.1. The second-order valence-corrected chi connectivity index (χ2v) is 19.3. The molecule has 19 atom stereocenters. The molecule has 70 heavy (non-hydrogen) atoms. The average molecular weight is 994 g/mol. The molecule has 0 radical (unpaired) electrons. The lowest BCUT2D eigenvalue weighted by Crippen LogP contribution is -2.62. The molecule has 3 aliphatic rings. The van der Waals surface area contributed by atoms with Gasteiger partial charge in [0.1, 0.15) is 12.2 Å². The van der Waals surface area contributed by atoms with Crippen LogP contribution in [-0.4, -0.2) is 192 Å². The zero-order chi connectivity index (χ0) is 52.1. The number of nitrogens with one attached hydrogen (secondary N) is 1. The molecule has 398 valence electrons. The molecule has 0 aliphatic carbocycles. The van der Waals surface area contributed by atoms with Gasteiger partial charge in [0.2, 0.25) is 5.91 Å². The van der Waals surface area contributed by atoms with E-state index >= 15 is 0 Å². The molecule has 13 N–H and O–H groups in total. The number of nitrogens with zero attached hydrogens (tertiary/aromatic N) is 1. The van der Waals surface area contributed by atoms with Crippen LogP contribution in [0.1, 0.15) is 79.1 Å². The Bertz CT molecular complexity index is 1770. The lowest BCUT2D eigenvalue weighted by atomic mass is 9.82. The maximum absolute atomic E-state index is 13.8. The highest BCUT2D eigenvalue weighted by molar-refractivity contribution is 5.80. The van der Waals surface area contributed by atoms with Crippen molar-refractivity contribution in [2.45, 2.75) is 177 Å². The predicted octanol–water partition coefficient (Wildman–Crippen LogP) is 0.305. The summed E-state index contributed by atoms with van der Waals surface area (Å²) < 4.78 is 23.7. The smallest absolute Gasteiger partial charge is 0.308 e. The summed E-state index contributed by atoms with van der Waals surface area (Å²) in [5, 5.41) is 113. The first kappa shape index (κ1) is 60.8. The Hall–Kier alpha value is -3.48. The van der Waals surface area contributed by atoms with Crippen LogP contribution in [0.3, 0.4) is 0 Å². The Morgan fingerprint density at radius 2 is 1.27 bits per heavy atom. The van der Waals surface area contributed by atoms with Crippen LogP contribution in [0, 0.1) is 17.8 Å². The standard InChI is InChI=1S/C51H83N3O16/c1-31-19-17-15-13-11-9-7-8-10-12-14-16-18-20-38(69-50-48(64)45(52)47(63)34(4)68-50)28-42-44(49(65)53-23-24-54(5)6)41(60)30-51(66,70-42)29-40(59)39(58)22-21-35(55)25-36(56)26-37(57)27-43(61)67-33(3)32(2)46(31)62/h7-20,31-42,44-48,50,55-60,62-64,66H,21-30,52H2,1-6H3,(H,53,65)/b8-7+,11-9+,12-10+,15-13+,16-14+,19-17+,20-18+/t31-,32-,33-,34?,35+,36+,37+,38-,39+,40+,41-,42-,44+,45+,46+,47+,48?,50-,51+/m0/s1. The number of aliphatic hydroxyl groups is 10. The molecule has 2 saturated heterocycles. The summed E-state index contributed by atoms with van der Waals surface area (Å²) in [6, 6.07) is -1.13. The number of allylic oxidation sites excluding steroid dienone is 12. The van der Waals surface area contributed by atoms with Gasteiger partial charge < -0.3 is 86.0 Å². The van der Waals surface area contributed by atoms with Gasteiger partial charge in [-0.05, 0) is 53.6 Å². The topological polar surface area (TPSA) is 315 Å². The van der Waals surface area contributed by atoms with E-state index < -0.39 is 140 Å². The molecule has 2 fully saturated rings. The number of carbonyl (C=O) groups excluding carboxylic acids is 2. The van der Waals surface area contributed by atoms with Gasteiger partial charge in [-0.15, -0.1) is 0 Å². The van der Waals surface area contributed by atoms with E-state index in [0.29, 0.717) is 6.54 Å². The zero-order valence-electron chi connectivity index (χ0n) is 41.5. The van der Waals surface area contributed by atoms with Crippen molar-refractivity contribution >= 4 is 11.9 Å². The van der Waals surface area contributed by atoms with E-state index in [4.69, 9.17) is 24.7 Å². The number of carbonyl (C=O) groups is 2. The number of likely N-dealkylation sites (N-methyl/N-ethyl adjacent to an activating group) is 1. The number of hydrogen-bond donors (Lipinski definition) is 12. The van der Waals surface area contributed by atoms with E-state index in [1.807, 2.05) is 68.5 Å². The van der Waals surface area contributed by atoms with E-state index in [9.17, 15) is 60.7 Å². The van der Waals surface area contributed by atoms with Crippen LogP contribution in [0.5, 0.6) is 0 Å². The summed E-state index contributed by atoms with van der Waals surface area (Å²) in [6.07, 6.45) is 4.94. The maximum Gasteiger partial charge on any atom is 0.308 e. The van der Waals surface area contributed by atoms with E-state index in [2.05, 4.69) is 5.32 Å². The fourth-order valence-electron chi connectivity index (χ4n) is 8.50. The van der Waals surface area contributed by atoms with Crippen molar-refractivity contribution in [3.05, 3.63) is 85.1 Å². The van der Waals surface area contributed by atoms with Gasteiger partial charge in [-0.2, -0.15) is 0 Å². The molecule has 3 aliphatic heterocycles. The summed E-state index contributed by atoms with van der Waals surface area (Å²) in [5.41, 5.74) is 6.11. The second-order valence-electron chi connectivity index (χ2n) is 19.3. The molecule has 0 saturated carbocycles. The van der Waals surface area contributed by atoms with Gasteiger partial charge in [0.15, 0.2) is 12.1 Å². The summed E-state index contributed by atoms with van der Waals surface area (Å²) in [4.78, 5) is 28.3. The second kappa shape index (κ2) is 30.5. The molecule has 3 heterocycles. The van der Waals surface area contributed by atoms with Gasteiger partial charge in [-0.1, -0.05) is 98.9 Å². The molecule has 0 spiro atoms. The van der Waals surface area contributed by atoms with Gasteiger partial charge in [0.05, 0.1) is 85.5 Å². The van der Waals surface area contributed by atoms with Crippen molar-refractivity contribution in [3.63, 3.8) is 0 Å². The van der Waals surface area contributed by atoms with Crippen molar-refractivity contribution < 1.29 is 79.6 Å². The molecule has 19 nitrogen and oxygen atoms in total. The first-order valence-electron chi connectivity index (χ1n) is 24.4. The van der Waals surface area contributed by atoms with Gasteiger partial charge in [0.25, 0.3) is 0 Å². The first-order chi connectivity index (χ1) is 33.0. The van der Waals surface area contributed by atoms with Crippen molar-refractivity contribution in [2.24, 2.45) is 23.5 Å². The minimum Gasteiger partial charge on any atom is -0.462 e. The number of esters is 1. The number of nitrogens with two attached hydrogens (primary N) is 1. The summed E-state index contributed by atoms with van der Waals surface area (Å²) >= 11 is 0. The quantitative estimate of drug-likeness (QED) is 0.159. The predicted molar refractivity (Wildman–Crippen MR) is 261 cm³/mol. The number of fused-ring (bicyclic) bond motifs is 2. The number of aliphatic hydroxyl groups excluding tert-OH is 9. The highest BCUT2D eigenvalue weighted by Crippen LogP contribution is 2.38. The minimum atomic E-state index is -2.29. The van der Waals surface area contributed by atoms with Crippen LogP contribution in [0.4, 0.5) is 0 Å². The SMILES string of the molecule is CC1O[C@@H](O[C@H]2/C=C/C=C/C=C/C=C/C=C/C=C/C=C/[C@H](C)[C@@H](O)[C@@H](C)[C@H](C)OC(=O)C[C@H](O)C[C@H](O)C[C@H](O)CC[C@@H](O)[C@H](O)C[C@]3(O)C[C@H](O)[C@@H](C(=O)NCCN(C)C)[C@H](C2)O3)C(O)[C@H](N)[C@@H]1O. The Balaban J connectivity index is 1.93. The van der Waals surface area contributed by atoms with E-state index in [1.54, 1.807) is 63.3 Å². The average Bonchev–Trinajstić information content (AvgIpc) is 3.27. The number of rotatable bonds is 6. The Labute approximate surface area is 413 Å². The van der Waals surface area contributed by atoms with Crippen LogP contribution in [0.25, 0.3) is 0 Å². The molecular formula is C51H83N3O16. The minimum absolute atomic E-state index is 0.119. The molecule has 3 rings (SSSR count). The highest BCUT2D eigenvalue weighted by atomic mass is 16.7. The largest absolute Gasteiger partial charge is 0.462 e. The lowest BCUT2D eigenvalue weighted by molar-refractivity contribution is -0.308. The Kier molecular flexibility index (Phi) is 26.5. The van der Waals surface area contributed by atoms with Crippen molar-refractivity contribution in [2.75, 3.05) is 27.2 Å². The zero-order valence-corrected chi connectivity index (χ0v) is 41.5. The highest BCUT2D eigenvalue weighted by Gasteiger charge is 2.51. The number of amides is 1. The van der Waals surface area contributed by atoms with Crippen molar-refractivity contribution in [1.82, 2.24) is 10.2 Å². The van der Waals surface area contributed by atoms with E-state index in [-0.39, 0.29) is 44.6 Å². The van der Waals surface area contributed by atoms with Crippen molar-refractivity contribution in [3.8, 4) is 0 Å². The van der Waals surface area contributed by atoms with Crippen molar-refractivity contribution in [1.29, 1.82) is 0 Å². The Morgan fingerprint density at radius 3 is 1.87 bits per heavy atom. The van der Waals surface area contributed by atoms with Gasteiger partial charge in [0, 0.05) is 44.2 Å². The summed E-state index contributed by atoms with van der Waals surface area (Å²) in [7, 11) is 3.65. The Morgan fingerprint density at radius 1 is 0.714 bits per heavy atom. The summed E-state index contributed by atoms with van der Waals surface area (Å²) in [6.45, 7) is 7.50. The van der Waals surface area contributed by atoms with Crippen LogP contribution >= 0.6 is 0 Å². The summed E-state index contributed by atoms with van der Waals surface area (Å²) in [5.74, 6) is -5.60. The van der Waals surface area contributed by atoms with Gasteiger partial charge in [-0.25, -0.2) is 0 Å². The number of ether oxygens (including phenoxy) is 4. The van der Waals surface area contributed by atoms with Gasteiger partial charge >= 0.3 is 5.97 Å². The third-order valence-corrected chi connectivity index (χ3v) is 12.9. The maximum atomic E-state index is 13.8. The molecule has 19 heteroatoms. The van der Waals surface area contributed by atoms with Crippen LogP contribution in [0.2, 0.25) is 0 Å². The van der Waals surface area contributed by atoms with Gasteiger partial charge in [-0.3, -0.25) is 9.59 Å². The molecular weight excluding hydrogens is 911 g/mol. The first-order valence-corrected chi connectivity index (χ1v) is 24.4. The van der Waals surface area contributed by atoms with Crippen LogP contribution in [0.15, 0.2) is 85.1 Å². The number of cyclic esters (lactones) is 1.